The van der Waals surface area contributed by atoms with Crippen LogP contribution in [0.25, 0.3) is 0 Å². The number of hydrogen-bond donors (Lipinski definition) is 1. The minimum atomic E-state index is -3.05. The monoisotopic (exact) mass is 312 g/mol. The van der Waals surface area contributed by atoms with Gasteiger partial charge in [-0.2, -0.15) is 0 Å². The summed E-state index contributed by atoms with van der Waals surface area (Å²) in [6, 6.07) is 18.1. The molecule has 2 aromatic carbocycles. The van der Waals surface area contributed by atoms with E-state index >= 15 is 0 Å². The molecule has 0 aliphatic carbocycles. The molecule has 1 N–H and O–H groups in total. The third-order valence-corrected chi connectivity index (χ3v) is 6.55. The van der Waals surface area contributed by atoms with E-state index in [0.717, 1.165) is 0 Å². The van der Waals surface area contributed by atoms with Gasteiger partial charge in [0.25, 0.3) is 0 Å². The lowest BCUT2D eigenvalue weighted by molar-refractivity contribution is -0.139. The van der Waals surface area contributed by atoms with Crippen molar-refractivity contribution in [3.63, 3.8) is 0 Å². The Morgan fingerprint density at radius 3 is 1.86 bits per heavy atom. The predicted molar refractivity (Wildman–Crippen MR) is 89.2 cm³/mol. The highest BCUT2D eigenvalue weighted by Crippen LogP contribution is 2.45. The van der Waals surface area contributed by atoms with Gasteiger partial charge in [0.2, 0.25) is 0 Å². The second kappa shape index (κ2) is 7.11. The fourth-order valence-electron chi connectivity index (χ4n) is 2.31. The van der Waals surface area contributed by atoms with Gasteiger partial charge in [-0.15, -0.1) is 5.92 Å². The normalized spacial score (nSPS) is 12.0. The van der Waals surface area contributed by atoms with Crippen LogP contribution in [0.4, 0.5) is 0 Å². The average molecular weight is 312 g/mol. The summed E-state index contributed by atoms with van der Waals surface area (Å²) < 4.78 is 13.7. The van der Waals surface area contributed by atoms with E-state index in [0.29, 0.717) is 10.6 Å². The van der Waals surface area contributed by atoms with E-state index in [-0.39, 0.29) is 6.16 Å². The molecule has 112 valence electrons. The molecule has 2 rings (SSSR count). The molecule has 0 spiro atoms. The fraction of sp³-hybridized carbons (Fsp3) is 0.167. The lowest BCUT2D eigenvalue weighted by Gasteiger charge is -2.21. The molecule has 2 aromatic rings. The molecule has 3 nitrogen and oxygen atoms in total. The Balaban J connectivity index is 2.54. The summed E-state index contributed by atoms with van der Waals surface area (Å²) >= 11 is 0. The van der Waals surface area contributed by atoms with Gasteiger partial charge in [0.15, 0.2) is 0 Å². The number of carboxylic acid groups (broad SMARTS) is 1. The van der Waals surface area contributed by atoms with Crippen LogP contribution in [0.15, 0.2) is 60.7 Å². The molecule has 1 atom stereocenters. The molecular formula is C18H17O3P. The Bertz CT molecular complexity index is 699. The maximum atomic E-state index is 13.7. The molecule has 0 fully saturated rings. The number of aliphatic carboxylic acids is 1. The maximum Gasteiger partial charge on any atom is 0.319 e. The van der Waals surface area contributed by atoms with Gasteiger partial charge < -0.3 is 9.67 Å². The SMILES string of the molecule is CC#CC(CP(=O)(c1ccccc1)c1ccccc1)C(=O)O. The van der Waals surface area contributed by atoms with Gasteiger partial charge in [-0.3, -0.25) is 4.79 Å². The molecule has 0 bridgehead atoms. The second-order valence-corrected chi connectivity index (χ2v) is 7.76. The first-order valence-electron chi connectivity index (χ1n) is 6.93. The fourth-order valence-corrected chi connectivity index (χ4v) is 5.10. The minimum absolute atomic E-state index is 0.00278. The van der Waals surface area contributed by atoms with Gasteiger partial charge in [0.05, 0.1) is 0 Å². The topological polar surface area (TPSA) is 54.4 Å². The number of hydrogen-bond acceptors (Lipinski definition) is 2. The van der Waals surface area contributed by atoms with Crippen LogP contribution in [0.1, 0.15) is 6.92 Å². The van der Waals surface area contributed by atoms with Gasteiger partial charge in [-0.1, -0.05) is 66.6 Å². The Labute approximate surface area is 130 Å². The van der Waals surface area contributed by atoms with Crippen molar-refractivity contribution >= 4 is 23.7 Å². The molecule has 0 radical (unpaired) electrons. The third kappa shape index (κ3) is 3.47. The summed E-state index contributed by atoms with van der Waals surface area (Å²) in [5.74, 6) is 3.29. The summed E-state index contributed by atoms with van der Waals surface area (Å²) in [6.45, 7) is 1.59. The zero-order valence-corrected chi connectivity index (χ0v) is 13.2. The summed E-state index contributed by atoms with van der Waals surface area (Å²) in [7, 11) is -3.05. The van der Waals surface area contributed by atoms with E-state index < -0.39 is 19.0 Å². The quantitative estimate of drug-likeness (QED) is 0.682. The molecule has 0 aromatic heterocycles. The van der Waals surface area contributed by atoms with Crippen LogP contribution in [-0.2, 0) is 9.36 Å². The van der Waals surface area contributed by atoms with E-state index in [2.05, 4.69) is 11.8 Å². The lowest BCUT2D eigenvalue weighted by atomic mass is 10.2. The maximum absolute atomic E-state index is 13.7. The van der Waals surface area contributed by atoms with E-state index in [9.17, 15) is 14.5 Å². The van der Waals surface area contributed by atoms with Crippen molar-refractivity contribution in [2.75, 3.05) is 6.16 Å². The van der Waals surface area contributed by atoms with E-state index in [4.69, 9.17) is 0 Å². The van der Waals surface area contributed by atoms with Crippen molar-refractivity contribution in [1.82, 2.24) is 0 Å². The van der Waals surface area contributed by atoms with Crippen molar-refractivity contribution in [1.29, 1.82) is 0 Å². The molecule has 1 unspecified atom stereocenters. The first-order chi connectivity index (χ1) is 10.6. The number of carbonyl (C=O) groups is 1. The summed E-state index contributed by atoms with van der Waals surface area (Å²) in [5, 5.41) is 10.7. The van der Waals surface area contributed by atoms with Crippen LogP contribution < -0.4 is 10.6 Å². The Morgan fingerprint density at radius 2 is 1.50 bits per heavy atom. The first kappa shape index (κ1) is 16.1. The highest BCUT2D eigenvalue weighted by molar-refractivity contribution is 7.78. The van der Waals surface area contributed by atoms with Crippen LogP contribution in [-0.4, -0.2) is 17.2 Å². The van der Waals surface area contributed by atoms with Crippen LogP contribution >= 0.6 is 7.14 Å². The number of benzene rings is 2. The van der Waals surface area contributed by atoms with Crippen LogP contribution in [0.2, 0.25) is 0 Å². The molecular weight excluding hydrogens is 295 g/mol. The third-order valence-electron chi connectivity index (χ3n) is 3.40. The van der Waals surface area contributed by atoms with Crippen LogP contribution in [0, 0.1) is 17.8 Å². The molecule has 22 heavy (non-hydrogen) atoms. The highest BCUT2D eigenvalue weighted by Gasteiger charge is 2.32. The zero-order chi connectivity index (χ0) is 16.0. The smallest absolute Gasteiger partial charge is 0.319 e. The molecule has 4 heteroatoms. The average Bonchev–Trinajstić information content (AvgIpc) is 2.56. The Hall–Kier alpha value is -2.30. The van der Waals surface area contributed by atoms with E-state index in [1.807, 2.05) is 36.4 Å². The Kier molecular flexibility index (Phi) is 5.20. The van der Waals surface area contributed by atoms with Crippen molar-refractivity contribution in [2.24, 2.45) is 5.92 Å². The summed E-state index contributed by atoms with van der Waals surface area (Å²) in [6.07, 6.45) is -0.00278. The van der Waals surface area contributed by atoms with Gasteiger partial charge >= 0.3 is 5.97 Å². The number of carboxylic acids is 1. The van der Waals surface area contributed by atoms with Gasteiger partial charge in [0.1, 0.15) is 13.1 Å². The van der Waals surface area contributed by atoms with Gasteiger partial charge in [0, 0.05) is 16.8 Å². The van der Waals surface area contributed by atoms with Crippen molar-refractivity contribution in [3.05, 3.63) is 60.7 Å². The standard InChI is InChI=1S/C18H17O3P/c1-2-9-15(18(19)20)14-22(21,16-10-5-3-6-11-16)17-12-7-4-8-13-17/h3-8,10-13,15H,14H2,1H3,(H,19,20). The zero-order valence-electron chi connectivity index (χ0n) is 12.3. The van der Waals surface area contributed by atoms with E-state index in [1.165, 1.54) is 0 Å². The predicted octanol–water partition coefficient (Wildman–Crippen LogP) is 2.72. The van der Waals surface area contributed by atoms with E-state index in [1.54, 1.807) is 31.2 Å². The molecule has 0 aliphatic heterocycles. The molecule has 0 heterocycles. The second-order valence-electron chi connectivity index (χ2n) is 4.88. The summed E-state index contributed by atoms with van der Waals surface area (Å²) in [5.41, 5.74) is 0. The largest absolute Gasteiger partial charge is 0.480 e. The molecule has 0 saturated heterocycles. The van der Waals surface area contributed by atoms with Crippen molar-refractivity contribution < 1.29 is 14.5 Å². The highest BCUT2D eigenvalue weighted by atomic mass is 31.2. The van der Waals surface area contributed by atoms with Crippen LogP contribution in [0.3, 0.4) is 0 Å². The number of rotatable bonds is 5. The Morgan fingerprint density at radius 1 is 1.05 bits per heavy atom. The first-order valence-corrected chi connectivity index (χ1v) is 8.82. The minimum Gasteiger partial charge on any atom is -0.480 e. The summed E-state index contributed by atoms with van der Waals surface area (Å²) in [4.78, 5) is 11.4. The van der Waals surface area contributed by atoms with Crippen LogP contribution in [0.5, 0.6) is 0 Å². The van der Waals surface area contributed by atoms with Crippen molar-refractivity contribution in [2.45, 2.75) is 6.92 Å². The lowest BCUT2D eigenvalue weighted by Crippen LogP contribution is -2.25. The van der Waals surface area contributed by atoms with Gasteiger partial charge in [-0.25, -0.2) is 0 Å². The van der Waals surface area contributed by atoms with Crippen molar-refractivity contribution in [3.8, 4) is 11.8 Å². The molecule has 0 amide bonds. The molecule has 0 saturated carbocycles. The van der Waals surface area contributed by atoms with Gasteiger partial charge in [-0.05, 0) is 6.92 Å². The molecule has 0 aliphatic rings.